The average molecular weight is 318 g/mol. The molecule has 7 heteroatoms. The predicted molar refractivity (Wildman–Crippen MR) is 71.4 cm³/mol. The molecule has 1 rings (SSSR count). The van der Waals surface area contributed by atoms with E-state index in [4.69, 9.17) is 23.2 Å². The number of hydrogen-bond acceptors (Lipinski definition) is 2. The minimum atomic E-state index is -4.18. The fourth-order valence-corrected chi connectivity index (χ4v) is 2.43. The third-order valence-corrected chi connectivity index (χ3v) is 3.55. The number of thioether (sulfide) groups is 1. The second-order valence-corrected chi connectivity index (χ2v) is 5.64. The van der Waals surface area contributed by atoms with Crippen LogP contribution in [0.4, 0.5) is 13.2 Å². The Balaban J connectivity index is 2.43. The normalized spacial score (nSPS) is 13.7. The van der Waals surface area contributed by atoms with E-state index in [0.717, 1.165) is 5.56 Å². The zero-order valence-electron chi connectivity index (χ0n) is 9.52. The van der Waals surface area contributed by atoms with Crippen LogP contribution in [0.2, 0.25) is 10.0 Å². The van der Waals surface area contributed by atoms with Gasteiger partial charge in [0.15, 0.2) is 0 Å². The van der Waals surface area contributed by atoms with Gasteiger partial charge in [-0.05, 0) is 36.4 Å². The Bertz CT molecular complexity index is 398. The molecule has 1 unspecified atom stereocenters. The van der Waals surface area contributed by atoms with Crippen molar-refractivity contribution in [2.24, 2.45) is 0 Å². The molecule has 1 aromatic carbocycles. The molecular weight excluding hydrogens is 306 g/mol. The molecule has 0 aromatic heterocycles. The van der Waals surface area contributed by atoms with Crippen LogP contribution in [0.3, 0.4) is 0 Å². The Morgan fingerprint density at radius 1 is 1.33 bits per heavy atom. The minimum absolute atomic E-state index is 0.0287. The molecule has 0 heterocycles. The van der Waals surface area contributed by atoms with Gasteiger partial charge in [0.1, 0.15) is 0 Å². The van der Waals surface area contributed by atoms with E-state index in [1.165, 1.54) is 0 Å². The second-order valence-electron chi connectivity index (χ2n) is 3.64. The lowest BCUT2D eigenvalue weighted by molar-refractivity contribution is -0.0327. The van der Waals surface area contributed by atoms with Crippen LogP contribution in [-0.4, -0.2) is 17.8 Å². The second kappa shape index (κ2) is 6.89. The van der Waals surface area contributed by atoms with Crippen molar-refractivity contribution in [1.82, 2.24) is 5.32 Å². The Hall–Kier alpha value is -0.100. The molecule has 0 aliphatic rings. The van der Waals surface area contributed by atoms with Crippen molar-refractivity contribution in [2.45, 2.75) is 18.5 Å². The fourth-order valence-electron chi connectivity index (χ4n) is 1.40. The molecule has 0 saturated carbocycles. The topological polar surface area (TPSA) is 12.0 Å². The molecule has 0 aliphatic heterocycles. The van der Waals surface area contributed by atoms with Gasteiger partial charge in [-0.2, -0.15) is 13.2 Å². The maximum absolute atomic E-state index is 11.9. The van der Waals surface area contributed by atoms with Gasteiger partial charge < -0.3 is 5.32 Å². The maximum atomic E-state index is 11.9. The van der Waals surface area contributed by atoms with Crippen LogP contribution in [0.15, 0.2) is 18.2 Å². The third-order valence-electron chi connectivity index (χ3n) is 2.25. The van der Waals surface area contributed by atoms with Gasteiger partial charge in [0.05, 0.1) is 0 Å². The third kappa shape index (κ3) is 5.69. The summed E-state index contributed by atoms with van der Waals surface area (Å²) in [4.78, 5) is 0. The first-order valence-electron chi connectivity index (χ1n) is 5.18. The van der Waals surface area contributed by atoms with Gasteiger partial charge in [-0.25, -0.2) is 0 Å². The molecule has 0 radical (unpaired) electrons. The van der Waals surface area contributed by atoms with Crippen molar-refractivity contribution >= 4 is 35.0 Å². The van der Waals surface area contributed by atoms with E-state index in [-0.39, 0.29) is 30.1 Å². The molecule has 0 aliphatic carbocycles. The van der Waals surface area contributed by atoms with E-state index in [0.29, 0.717) is 10.0 Å². The summed E-state index contributed by atoms with van der Waals surface area (Å²) in [7, 11) is 0. The molecule has 102 valence electrons. The largest absolute Gasteiger partial charge is 0.441 e. The molecular formula is C11H12Cl2F3NS. The summed E-state index contributed by atoms with van der Waals surface area (Å²) in [5.74, 6) is -0.0287. The van der Waals surface area contributed by atoms with Crippen LogP contribution in [0.1, 0.15) is 18.5 Å². The van der Waals surface area contributed by atoms with Crippen molar-refractivity contribution in [1.29, 1.82) is 0 Å². The van der Waals surface area contributed by atoms with E-state index >= 15 is 0 Å². The average Bonchev–Trinajstić information content (AvgIpc) is 2.22. The highest BCUT2D eigenvalue weighted by molar-refractivity contribution is 8.00. The van der Waals surface area contributed by atoms with Crippen molar-refractivity contribution < 1.29 is 13.2 Å². The Morgan fingerprint density at radius 2 is 2.00 bits per heavy atom. The van der Waals surface area contributed by atoms with Gasteiger partial charge in [-0.1, -0.05) is 29.3 Å². The van der Waals surface area contributed by atoms with E-state index in [1.54, 1.807) is 18.2 Å². The number of alkyl halides is 3. The summed E-state index contributed by atoms with van der Waals surface area (Å²) in [5.41, 5.74) is -3.36. The molecule has 1 nitrogen and oxygen atoms in total. The zero-order valence-corrected chi connectivity index (χ0v) is 11.9. The molecule has 18 heavy (non-hydrogen) atoms. The summed E-state index contributed by atoms with van der Waals surface area (Å²) in [6.07, 6.45) is 0. The minimum Gasteiger partial charge on any atom is -0.309 e. The molecule has 1 N–H and O–H groups in total. The summed E-state index contributed by atoms with van der Waals surface area (Å²) >= 11 is 11.7. The smallest absolute Gasteiger partial charge is 0.309 e. The Kier molecular flexibility index (Phi) is 6.11. The van der Waals surface area contributed by atoms with E-state index < -0.39 is 5.51 Å². The summed E-state index contributed by atoms with van der Waals surface area (Å²) in [6, 6.07) is 4.95. The van der Waals surface area contributed by atoms with Crippen LogP contribution < -0.4 is 5.32 Å². The number of halogens is 5. The Labute approximate surface area is 118 Å². The van der Waals surface area contributed by atoms with Crippen molar-refractivity contribution in [2.75, 3.05) is 12.3 Å². The van der Waals surface area contributed by atoms with Crippen molar-refractivity contribution in [3.63, 3.8) is 0 Å². The summed E-state index contributed by atoms with van der Waals surface area (Å²) in [5, 5.41) is 4.02. The monoisotopic (exact) mass is 317 g/mol. The van der Waals surface area contributed by atoms with Gasteiger partial charge in [0.25, 0.3) is 0 Å². The highest BCUT2D eigenvalue weighted by Gasteiger charge is 2.27. The first kappa shape index (κ1) is 16.0. The quantitative estimate of drug-likeness (QED) is 0.775. The maximum Gasteiger partial charge on any atom is 0.441 e. The van der Waals surface area contributed by atoms with Crippen LogP contribution in [0, 0.1) is 0 Å². The highest BCUT2D eigenvalue weighted by atomic mass is 35.5. The number of hydrogen-bond donors (Lipinski definition) is 1. The first-order valence-corrected chi connectivity index (χ1v) is 6.93. The lowest BCUT2D eigenvalue weighted by atomic mass is 10.1. The van der Waals surface area contributed by atoms with Crippen LogP contribution >= 0.6 is 35.0 Å². The standard InChI is InChI=1S/C11H12Cl2F3NS/c1-7(17-4-5-18-11(14,15)16)9-3-2-8(12)6-10(9)13/h2-3,6-7,17H,4-5H2,1H3. The van der Waals surface area contributed by atoms with Crippen LogP contribution in [-0.2, 0) is 0 Å². The van der Waals surface area contributed by atoms with Crippen molar-refractivity contribution in [3.8, 4) is 0 Å². The van der Waals surface area contributed by atoms with E-state index in [1.807, 2.05) is 6.92 Å². The molecule has 0 amide bonds. The summed E-state index contributed by atoms with van der Waals surface area (Å²) in [6.45, 7) is 2.09. The van der Waals surface area contributed by atoms with E-state index in [2.05, 4.69) is 5.32 Å². The molecule has 1 atom stereocenters. The lowest BCUT2D eigenvalue weighted by Crippen LogP contribution is -2.22. The lowest BCUT2D eigenvalue weighted by Gasteiger charge is -2.16. The van der Waals surface area contributed by atoms with Crippen LogP contribution in [0.5, 0.6) is 0 Å². The number of rotatable bonds is 5. The van der Waals surface area contributed by atoms with E-state index in [9.17, 15) is 13.2 Å². The van der Waals surface area contributed by atoms with Gasteiger partial charge >= 0.3 is 5.51 Å². The highest BCUT2D eigenvalue weighted by Crippen LogP contribution is 2.30. The van der Waals surface area contributed by atoms with Gasteiger partial charge in [0, 0.05) is 28.4 Å². The Morgan fingerprint density at radius 3 is 2.56 bits per heavy atom. The molecule has 0 bridgehead atoms. The van der Waals surface area contributed by atoms with Crippen molar-refractivity contribution in [3.05, 3.63) is 33.8 Å². The van der Waals surface area contributed by atoms with Crippen LogP contribution in [0.25, 0.3) is 0 Å². The number of benzene rings is 1. The summed E-state index contributed by atoms with van der Waals surface area (Å²) < 4.78 is 35.7. The SMILES string of the molecule is CC(NCCSC(F)(F)F)c1ccc(Cl)cc1Cl. The zero-order chi connectivity index (χ0) is 13.8. The number of nitrogens with one attached hydrogen (secondary N) is 1. The fraction of sp³-hybridized carbons (Fsp3) is 0.455. The molecule has 1 aromatic rings. The first-order chi connectivity index (χ1) is 8.29. The molecule has 0 fully saturated rings. The molecule has 0 spiro atoms. The van der Waals surface area contributed by atoms with Gasteiger partial charge in [-0.3, -0.25) is 0 Å². The van der Waals surface area contributed by atoms with Gasteiger partial charge in [0.2, 0.25) is 0 Å². The molecule has 0 saturated heterocycles. The van der Waals surface area contributed by atoms with Gasteiger partial charge in [-0.15, -0.1) is 0 Å². The predicted octanol–water partition coefficient (Wildman–Crippen LogP) is 4.90.